The molecular weight excluding hydrogens is 272 g/mol. The van der Waals surface area contributed by atoms with Gasteiger partial charge in [-0.2, -0.15) is 0 Å². The normalized spacial score (nSPS) is 29.3. The monoisotopic (exact) mass is 300 g/mol. The van der Waals surface area contributed by atoms with Crippen molar-refractivity contribution in [1.82, 2.24) is 10.2 Å². The molecule has 0 saturated carbocycles. The van der Waals surface area contributed by atoms with E-state index in [1.54, 1.807) is 0 Å². The molecule has 3 nitrogen and oxygen atoms in total. The van der Waals surface area contributed by atoms with Gasteiger partial charge in [0.05, 0.1) is 5.41 Å². The maximum atomic E-state index is 13.2. The molecule has 1 N–H and O–H groups in total. The molecule has 1 spiro atoms. The first-order chi connectivity index (χ1) is 10.4. The standard InChI is InChI=1S/C19H28N2O/c1-18(2,3)14-21-12-16(15-8-5-4-6-9-15)19(17(21)22)10-7-11-20-13-19/h4-6,8-9,16,20H,7,10-14H2,1-3H3/t16-,19-/m1/s1. The summed E-state index contributed by atoms with van der Waals surface area (Å²) >= 11 is 0. The molecule has 2 atom stereocenters. The Morgan fingerprint density at radius 1 is 1.27 bits per heavy atom. The minimum Gasteiger partial charge on any atom is -0.341 e. The van der Waals surface area contributed by atoms with Crippen molar-refractivity contribution in [2.24, 2.45) is 10.8 Å². The predicted octanol–water partition coefficient (Wildman–Crippen LogP) is 3.03. The summed E-state index contributed by atoms with van der Waals surface area (Å²) in [6.07, 6.45) is 2.11. The Balaban J connectivity index is 1.94. The van der Waals surface area contributed by atoms with Crippen LogP contribution in [0.3, 0.4) is 0 Å². The van der Waals surface area contributed by atoms with Gasteiger partial charge in [0.25, 0.3) is 0 Å². The molecule has 0 aromatic heterocycles. The van der Waals surface area contributed by atoms with Crippen molar-refractivity contribution >= 4 is 5.91 Å². The fourth-order valence-corrected chi connectivity index (χ4v) is 4.17. The van der Waals surface area contributed by atoms with Gasteiger partial charge in [0.2, 0.25) is 5.91 Å². The first-order valence-electron chi connectivity index (χ1n) is 8.47. The van der Waals surface area contributed by atoms with Crippen LogP contribution in [0.2, 0.25) is 0 Å². The molecule has 3 rings (SSSR count). The molecule has 3 heteroatoms. The second kappa shape index (κ2) is 5.69. The van der Waals surface area contributed by atoms with Crippen molar-refractivity contribution < 1.29 is 4.79 Å². The van der Waals surface area contributed by atoms with Gasteiger partial charge in [-0.25, -0.2) is 0 Å². The summed E-state index contributed by atoms with van der Waals surface area (Å²) < 4.78 is 0. The van der Waals surface area contributed by atoms with Crippen LogP contribution in [0.15, 0.2) is 30.3 Å². The average molecular weight is 300 g/mol. The Hall–Kier alpha value is -1.35. The summed E-state index contributed by atoms with van der Waals surface area (Å²) in [5, 5.41) is 3.48. The summed E-state index contributed by atoms with van der Waals surface area (Å²) in [5.74, 6) is 0.680. The van der Waals surface area contributed by atoms with Gasteiger partial charge in [0.1, 0.15) is 0 Å². The average Bonchev–Trinajstić information content (AvgIpc) is 2.73. The molecule has 2 heterocycles. The minimum absolute atomic E-state index is 0.143. The molecule has 22 heavy (non-hydrogen) atoms. The van der Waals surface area contributed by atoms with E-state index in [4.69, 9.17) is 0 Å². The molecule has 2 fully saturated rings. The highest BCUT2D eigenvalue weighted by Crippen LogP contribution is 2.48. The molecule has 0 unspecified atom stereocenters. The van der Waals surface area contributed by atoms with Crippen molar-refractivity contribution in [3.8, 4) is 0 Å². The summed E-state index contributed by atoms with van der Waals surface area (Å²) in [5.41, 5.74) is 1.23. The van der Waals surface area contributed by atoms with Crippen molar-refractivity contribution in [1.29, 1.82) is 0 Å². The van der Waals surface area contributed by atoms with Crippen LogP contribution < -0.4 is 5.32 Å². The van der Waals surface area contributed by atoms with Gasteiger partial charge in [-0.1, -0.05) is 51.1 Å². The summed E-state index contributed by atoms with van der Waals surface area (Å²) in [4.78, 5) is 15.3. The van der Waals surface area contributed by atoms with Gasteiger partial charge in [-0.3, -0.25) is 4.79 Å². The number of rotatable bonds is 2. The van der Waals surface area contributed by atoms with Gasteiger partial charge >= 0.3 is 0 Å². The summed E-state index contributed by atoms with van der Waals surface area (Å²) in [6.45, 7) is 10.2. The van der Waals surface area contributed by atoms with Crippen LogP contribution in [0.5, 0.6) is 0 Å². The number of amides is 1. The van der Waals surface area contributed by atoms with E-state index in [1.807, 2.05) is 0 Å². The van der Waals surface area contributed by atoms with Crippen molar-refractivity contribution in [2.45, 2.75) is 39.5 Å². The van der Waals surface area contributed by atoms with Crippen molar-refractivity contribution in [3.63, 3.8) is 0 Å². The fraction of sp³-hybridized carbons (Fsp3) is 0.632. The molecule has 0 bridgehead atoms. The van der Waals surface area contributed by atoms with Gasteiger partial charge in [0.15, 0.2) is 0 Å². The molecular formula is C19H28N2O. The van der Waals surface area contributed by atoms with Gasteiger partial charge in [-0.05, 0) is 30.4 Å². The minimum atomic E-state index is -0.231. The lowest BCUT2D eigenvalue weighted by molar-refractivity contribution is -0.138. The SMILES string of the molecule is CC(C)(C)CN1C[C@H](c2ccccc2)[C@]2(CCCNC2)C1=O. The Kier molecular flexibility index (Phi) is 4.02. The highest BCUT2D eigenvalue weighted by atomic mass is 16.2. The van der Waals surface area contributed by atoms with E-state index >= 15 is 0 Å². The third kappa shape index (κ3) is 2.79. The fourth-order valence-electron chi connectivity index (χ4n) is 4.17. The Morgan fingerprint density at radius 3 is 2.59 bits per heavy atom. The van der Waals surface area contributed by atoms with Crippen LogP contribution in [0.4, 0.5) is 0 Å². The van der Waals surface area contributed by atoms with Crippen LogP contribution >= 0.6 is 0 Å². The first kappa shape index (κ1) is 15.5. The van der Waals surface area contributed by atoms with Gasteiger partial charge < -0.3 is 10.2 Å². The number of hydrogen-bond acceptors (Lipinski definition) is 2. The maximum absolute atomic E-state index is 13.2. The lowest BCUT2D eigenvalue weighted by Crippen LogP contribution is -2.48. The number of nitrogens with one attached hydrogen (secondary N) is 1. The molecule has 0 aliphatic carbocycles. The summed E-state index contributed by atoms with van der Waals surface area (Å²) in [6, 6.07) is 10.6. The number of hydrogen-bond donors (Lipinski definition) is 1. The lowest BCUT2D eigenvalue weighted by Gasteiger charge is -2.37. The third-order valence-corrected chi connectivity index (χ3v) is 5.07. The zero-order valence-electron chi connectivity index (χ0n) is 14.1. The highest BCUT2D eigenvalue weighted by Gasteiger charge is 2.54. The van der Waals surface area contributed by atoms with E-state index in [0.29, 0.717) is 11.8 Å². The molecule has 1 aromatic rings. The molecule has 1 amide bonds. The Labute approximate surface area is 134 Å². The number of benzene rings is 1. The van der Waals surface area contributed by atoms with Crippen molar-refractivity contribution in [2.75, 3.05) is 26.2 Å². The van der Waals surface area contributed by atoms with E-state index in [2.05, 4.69) is 61.3 Å². The van der Waals surface area contributed by atoms with Crippen LogP contribution in [-0.4, -0.2) is 37.0 Å². The van der Waals surface area contributed by atoms with Crippen LogP contribution in [0.25, 0.3) is 0 Å². The quantitative estimate of drug-likeness (QED) is 0.910. The molecule has 0 radical (unpaired) electrons. The summed E-state index contributed by atoms with van der Waals surface area (Å²) in [7, 11) is 0. The maximum Gasteiger partial charge on any atom is 0.230 e. The molecule has 2 saturated heterocycles. The van der Waals surface area contributed by atoms with Gasteiger partial charge in [-0.15, -0.1) is 0 Å². The van der Waals surface area contributed by atoms with Crippen LogP contribution in [0.1, 0.15) is 45.1 Å². The first-order valence-corrected chi connectivity index (χ1v) is 8.47. The van der Waals surface area contributed by atoms with E-state index < -0.39 is 0 Å². The van der Waals surface area contributed by atoms with E-state index in [-0.39, 0.29) is 10.8 Å². The Morgan fingerprint density at radius 2 is 2.00 bits per heavy atom. The zero-order chi connectivity index (χ0) is 15.8. The molecule has 1 aromatic carbocycles. The van der Waals surface area contributed by atoms with Crippen molar-refractivity contribution in [3.05, 3.63) is 35.9 Å². The largest absolute Gasteiger partial charge is 0.341 e. The molecule has 2 aliphatic rings. The number of nitrogens with zero attached hydrogens (tertiary/aromatic N) is 1. The predicted molar refractivity (Wildman–Crippen MR) is 89.8 cm³/mol. The van der Waals surface area contributed by atoms with Crippen LogP contribution in [0, 0.1) is 10.8 Å². The molecule has 120 valence electrons. The number of piperidine rings is 1. The molecule has 2 aliphatic heterocycles. The zero-order valence-corrected chi connectivity index (χ0v) is 14.1. The van der Waals surface area contributed by atoms with E-state index in [0.717, 1.165) is 39.0 Å². The lowest BCUT2D eigenvalue weighted by atomic mass is 9.69. The topological polar surface area (TPSA) is 32.3 Å². The van der Waals surface area contributed by atoms with Gasteiger partial charge in [0, 0.05) is 25.6 Å². The smallest absolute Gasteiger partial charge is 0.230 e. The number of likely N-dealkylation sites (tertiary alicyclic amines) is 1. The second-order valence-electron chi connectivity index (χ2n) is 8.15. The number of carbonyl (C=O) groups is 1. The third-order valence-electron chi connectivity index (χ3n) is 5.07. The van der Waals surface area contributed by atoms with E-state index in [9.17, 15) is 4.79 Å². The number of carbonyl (C=O) groups excluding carboxylic acids is 1. The highest BCUT2D eigenvalue weighted by molar-refractivity contribution is 5.87. The van der Waals surface area contributed by atoms with E-state index in [1.165, 1.54) is 5.56 Å². The van der Waals surface area contributed by atoms with Crippen LogP contribution in [-0.2, 0) is 4.79 Å². The second-order valence-corrected chi connectivity index (χ2v) is 8.15. The Bertz CT molecular complexity index is 526.